The van der Waals surface area contributed by atoms with Crippen LogP contribution in [0.3, 0.4) is 0 Å². The predicted molar refractivity (Wildman–Crippen MR) is 74.9 cm³/mol. The lowest BCUT2D eigenvalue weighted by Crippen LogP contribution is -2.11. The first kappa shape index (κ1) is 15.0. The highest BCUT2D eigenvalue weighted by Crippen LogP contribution is 2.13. The average Bonchev–Trinajstić information content (AvgIpc) is 2.42. The second-order valence-electron chi connectivity index (χ2n) is 4.41. The van der Waals surface area contributed by atoms with Crippen molar-refractivity contribution in [2.24, 2.45) is 0 Å². The Labute approximate surface area is 110 Å². The fourth-order valence-corrected chi connectivity index (χ4v) is 1.73. The zero-order valence-corrected chi connectivity index (χ0v) is 11.3. The Morgan fingerprint density at radius 2 is 1.78 bits per heavy atom. The molecule has 0 atom stereocenters. The van der Waals surface area contributed by atoms with E-state index in [0.717, 1.165) is 51.1 Å². The second kappa shape index (κ2) is 9.92. The minimum atomic E-state index is 0.300. The van der Waals surface area contributed by atoms with Crippen molar-refractivity contribution in [1.82, 2.24) is 5.32 Å². The van der Waals surface area contributed by atoms with E-state index in [9.17, 15) is 0 Å². The molecule has 3 nitrogen and oxygen atoms in total. The van der Waals surface area contributed by atoms with Crippen molar-refractivity contribution < 1.29 is 9.84 Å². The summed E-state index contributed by atoms with van der Waals surface area (Å²) in [6.45, 7) is 5.07. The summed E-state index contributed by atoms with van der Waals surface area (Å²) in [7, 11) is 0. The molecule has 0 heterocycles. The van der Waals surface area contributed by atoms with Crippen LogP contribution in [0.2, 0.25) is 0 Å². The Morgan fingerprint density at radius 3 is 2.44 bits per heavy atom. The molecule has 0 aliphatic carbocycles. The smallest absolute Gasteiger partial charge is 0.119 e. The molecule has 1 aromatic carbocycles. The van der Waals surface area contributed by atoms with Crippen LogP contribution in [0.15, 0.2) is 24.3 Å². The van der Waals surface area contributed by atoms with Crippen molar-refractivity contribution in [2.45, 2.75) is 39.2 Å². The lowest BCUT2D eigenvalue weighted by atomic mass is 10.2. The summed E-state index contributed by atoms with van der Waals surface area (Å²) in [5.74, 6) is 0.942. The Balaban J connectivity index is 2.14. The maximum Gasteiger partial charge on any atom is 0.119 e. The van der Waals surface area contributed by atoms with Gasteiger partial charge < -0.3 is 15.2 Å². The van der Waals surface area contributed by atoms with Crippen LogP contribution in [0, 0.1) is 0 Å². The molecule has 0 spiro atoms. The van der Waals surface area contributed by atoms with Crippen LogP contribution >= 0.6 is 0 Å². The highest BCUT2D eigenvalue weighted by atomic mass is 16.5. The van der Waals surface area contributed by atoms with E-state index < -0.39 is 0 Å². The van der Waals surface area contributed by atoms with Gasteiger partial charge in [-0.05, 0) is 43.5 Å². The van der Waals surface area contributed by atoms with E-state index in [1.807, 2.05) is 12.1 Å². The van der Waals surface area contributed by atoms with Crippen molar-refractivity contribution in [1.29, 1.82) is 0 Å². The van der Waals surface area contributed by atoms with E-state index in [1.165, 1.54) is 5.56 Å². The summed E-state index contributed by atoms with van der Waals surface area (Å²) in [5.41, 5.74) is 1.28. The first-order chi connectivity index (χ1) is 8.86. The topological polar surface area (TPSA) is 41.5 Å². The molecule has 0 saturated carbocycles. The van der Waals surface area contributed by atoms with Crippen LogP contribution in [-0.2, 0) is 6.54 Å². The number of aliphatic hydroxyl groups excluding tert-OH is 1. The summed E-state index contributed by atoms with van der Waals surface area (Å²) in [4.78, 5) is 0. The molecule has 0 unspecified atom stereocenters. The Bertz CT molecular complexity index is 298. The van der Waals surface area contributed by atoms with Crippen LogP contribution in [0.25, 0.3) is 0 Å². The monoisotopic (exact) mass is 251 g/mol. The molecule has 3 heteroatoms. The van der Waals surface area contributed by atoms with E-state index in [1.54, 1.807) is 0 Å². The van der Waals surface area contributed by atoms with Crippen molar-refractivity contribution in [2.75, 3.05) is 19.8 Å². The van der Waals surface area contributed by atoms with Crippen molar-refractivity contribution >= 4 is 0 Å². The van der Waals surface area contributed by atoms with Gasteiger partial charge >= 0.3 is 0 Å². The number of benzene rings is 1. The minimum Gasteiger partial charge on any atom is -0.494 e. The maximum absolute atomic E-state index is 8.65. The molecule has 0 fully saturated rings. The second-order valence-corrected chi connectivity index (χ2v) is 4.41. The average molecular weight is 251 g/mol. The van der Waals surface area contributed by atoms with Crippen molar-refractivity contribution in [3.63, 3.8) is 0 Å². The van der Waals surface area contributed by atoms with Gasteiger partial charge in [-0.15, -0.1) is 0 Å². The number of hydrogen-bond acceptors (Lipinski definition) is 3. The number of nitrogens with one attached hydrogen (secondary N) is 1. The van der Waals surface area contributed by atoms with Crippen molar-refractivity contribution in [3.05, 3.63) is 29.8 Å². The third-order valence-corrected chi connectivity index (χ3v) is 2.82. The maximum atomic E-state index is 8.65. The Morgan fingerprint density at radius 1 is 1.06 bits per heavy atom. The molecule has 0 aliphatic heterocycles. The molecular formula is C15H25NO2. The molecule has 1 rings (SSSR count). The van der Waals surface area contributed by atoms with Crippen LogP contribution in [0.1, 0.15) is 38.2 Å². The van der Waals surface area contributed by atoms with E-state index in [2.05, 4.69) is 24.4 Å². The molecule has 0 saturated heterocycles. The van der Waals surface area contributed by atoms with Gasteiger partial charge in [-0.25, -0.2) is 0 Å². The van der Waals surface area contributed by atoms with E-state index in [-0.39, 0.29) is 0 Å². The molecule has 0 aliphatic rings. The Hall–Kier alpha value is -1.06. The standard InChI is InChI=1S/C15H25NO2/c1-2-16-13-14-7-9-15(10-8-14)18-12-6-4-3-5-11-17/h7-10,16-17H,2-6,11-13H2,1H3. The molecule has 0 radical (unpaired) electrons. The molecule has 102 valence electrons. The number of hydrogen-bond donors (Lipinski definition) is 2. The summed E-state index contributed by atoms with van der Waals surface area (Å²) in [6, 6.07) is 8.26. The highest BCUT2D eigenvalue weighted by Gasteiger charge is 1.96. The number of ether oxygens (including phenoxy) is 1. The predicted octanol–water partition coefficient (Wildman–Crippen LogP) is 2.73. The molecule has 0 amide bonds. The lowest BCUT2D eigenvalue weighted by molar-refractivity contribution is 0.273. The molecule has 0 aromatic heterocycles. The van der Waals surface area contributed by atoms with Crippen LogP contribution in [-0.4, -0.2) is 24.9 Å². The third-order valence-electron chi connectivity index (χ3n) is 2.82. The van der Waals surface area contributed by atoms with Crippen LogP contribution in [0.5, 0.6) is 5.75 Å². The molecule has 18 heavy (non-hydrogen) atoms. The van der Waals surface area contributed by atoms with Gasteiger partial charge in [0.2, 0.25) is 0 Å². The molecule has 2 N–H and O–H groups in total. The van der Waals surface area contributed by atoms with Gasteiger partial charge in [0, 0.05) is 13.2 Å². The fraction of sp³-hybridized carbons (Fsp3) is 0.600. The van der Waals surface area contributed by atoms with Gasteiger partial charge in [0.05, 0.1) is 6.61 Å². The van der Waals surface area contributed by atoms with E-state index in [4.69, 9.17) is 9.84 Å². The van der Waals surface area contributed by atoms with Gasteiger partial charge in [-0.2, -0.15) is 0 Å². The number of rotatable bonds is 10. The summed E-state index contributed by atoms with van der Waals surface area (Å²) >= 11 is 0. The quantitative estimate of drug-likeness (QED) is 0.628. The minimum absolute atomic E-state index is 0.300. The molecular weight excluding hydrogens is 226 g/mol. The number of unbranched alkanes of at least 4 members (excludes halogenated alkanes) is 3. The van der Waals surface area contributed by atoms with E-state index in [0.29, 0.717) is 6.61 Å². The van der Waals surface area contributed by atoms with Crippen LogP contribution in [0.4, 0.5) is 0 Å². The molecule has 0 bridgehead atoms. The van der Waals surface area contributed by atoms with Gasteiger partial charge in [-0.3, -0.25) is 0 Å². The van der Waals surface area contributed by atoms with Crippen LogP contribution < -0.4 is 10.1 Å². The zero-order chi connectivity index (χ0) is 13.1. The lowest BCUT2D eigenvalue weighted by Gasteiger charge is -2.07. The normalized spacial score (nSPS) is 10.6. The van der Waals surface area contributed by atoms with E-state index >= 15 is 0 Å². The van der Waals surface area contributed by atoms with Crippen molar-refractivity contribution in [3.8, 4) is 5.75 Å². The first-order valence-electron chi connectivity index (χ1n) is 6.90. The Kier molecular flexibility index (Phi) is 8.26. The fourth-order valence-electron chi connectivity index (χ4n) is 1.73. The number of aliphatic hydroxyl groups is 1. The van der Waals surface area contributed by atoms with Gasteiger partial charge in [0.15, 0.2) is 0 Å². The van der Waals surface area contributed by atoms with Gasteiger partial charge in [0.1, 0.15) is 5.75 Å². The summed E-state index contributed by atoms with van der Waals surface area (Å²) in [5, 5.41) is 11.9. The largest absolute Gasteiger partial charge is 0.494 e. The zero-order valence-electron chi connectivity index (χ0n) is 11.3. The van der Waals surface area contributed by atoms with Gasteiger partial charge in [-0.1, -0.05) is 25.5 Å². The third kappa shape index (κ3) is 6.62. The SMILES string of the molecule is CCNCc1ccc(OCCCCCCO)cc1. The van der Waals surface area contributed by atoms with Gasteiger partial charge in [0.25, 0.3) is 0 Å². The molecule has 1 aromatic rings. The first-order valence-corrected chi connectivity index (χ1v) is 6.90. The summed E-state index contributed by atoms with van der Waals surface area (Å²) in [6.07, 6.45) is 4.17. The highest BCUT2D eigenvalue weighted by molar-refractivity contribution is 5.27. The summed E-state index contributed by atoms with van der Waals surface area (Å²) < 4.78 is 5.66.